The Kier molecular flexibility index (Phi) is 6.34. The van der Waals surface area contributed by atoms with E-state index < -0.39 is 12.1 Å². The molecule has 0 spiro atoms. The lowest BCUT2D eigenvalue weighted by Gasteiger charge is -2.16. The summed E-state index contributed by atoms with van der Waals surface area (Å²) >= 11 is 0. The topological polar surface area (TPSA) is 52.6 Å². The Labute approximate surface area is 148 Å². The molecule has 0 N–H and O–H groups in total. The van der Waals surface area contributed by atoms with Crippen molar-refractivity contribution in [2.24, 2.45) is 0 Å². The molecule has 0 bridgehead atoms. The summed E-state index contributed by atoms with van der Waals surface area (Å²) in [6, 6.07) is 14.7. The standard InChI is InChI=1S/C21H24O4/c1-14(2)18-11-10-15(3)12-19(18)24-13-20(22)25-16(4)21(23)17-8-6-5-7-9-17/h5-12,14,16H,13H2,1-4H3. The van der Waals surface area contributed by atoms with Gasteiger partial charge in [-0.2, -0.15) is 0 Å². The second-order valence-electron chi connectivity index (χ2n) is 6.35. The fourth-order valence-corrected chi connectivity index (χ4v) is 2.50. The van der Waals surface area contributed by atoms with Crippen LogP contribution in [0, 0.1) is 6.92 Å². The average Bonchev–Trinajstić information content (AvgIpc) is 2.59. The SMILES string of the molecule is Cc1ccc(C(C)C)c(OCC(=O)OC(C)C(=O)c2ccccc2)c1. The van der Waals surface area contributed by atoms with Gasteiger partial charge in [0.1, 0.15) is 5.75 Å². The van der Waals surface area contributed by atoms with Gasteiger partial charge in [0.2, 0.25) is 5.78 Å². The fraction of sp³-hybridized carbons (Fsp3) is 0.333. The summed E-state index contributed by atoms with van der Waals surface area (Å²) in [6.45, 7) is 7.44. The number of carbonyl (C=O) groups excluding carboxylic acids is 2. The Morgan fingerprint density at radius 2 is 1.68 bits per heavy atom. The Balaban J connectivity index is 1.95. The maximum absolute atomic E-state index is 12.2. The molecule has 0 heterocycles. The highest BCUT2D eigenvalue weighted by molar-refractivity contribution is 6.00. The summed E-state index contributed by atoms with van der Waals surface area (Å²) < 4.78 is 10.8. The molecule has 1 atom stereocenters. The van der Waals surface area contributed by atoms with E-state index in [4.69, 9.17) is 9.47 Å². The first-order chi connectivity index (χ1) is 11.9. The summed E-state index contributed by atoms with van der Waals surface area (Å²) in [4.78, 5) is 24.3. The molecule has 0 saturated heterocycles. The van der Waals surface area contributed by atoms with Crippen molar-refractivity contribution in [1.29, 1.82) is 0 Å². The monoisotopic (exact) mass is 340 g/mol. The first-order valence-corrected chi connectivity index (χ1v) is 8.40. The van der Waals surface area contributed by atoms with E-state index in [1.54, 1.807) is 31.2 Å². The van der Waals surface area contributed by atoms with Crippen LogP contribution in [0.3, 0.4) is 0 Å². The number of esters is 1. The first-order valence-electron chi connectivity index (χ1n) is 8.40. The zero-order valence-corrected chi connectivity index (χ0v) is 15.1. The molecule has 25 heavy (non-hydrogen) atoms. The predicted molar refractivity (Wildman–Crippen MR) is 97.1 cm³/mol. The van der Waals surface area contributed by atoms with Crippen molar-refractivity contribution in [3.05, 3.63) is 65.2 Å². The van der Waals surface area contributed by atoms with Gasteiger partial charge in [-0.25, -0.2) is 4.79 Å². The minimum Gasteiger partial charge on any atom is -0.482 e. The molecule has 2 aromatic rings. The van der Waals surface area contributed by atoms with Crippen LogP contribution in [0.1, 0.15) is 48.2 Å². The van der Waals surface area contributed by atoms with Gasteiger partial charge in [-0.05, 0) is 37.0 Å². The molecule has 0 saturated carbocycles. The molecule has 0 aliphatic heterocycles. The zero-order valence-electron chi connectivity index (χ0n) is 15.1. The molecule has 0 aliphatic rings. The largest absolute Gasteiger partial charge is 0.482 e. The highest BCUT2D eigenvalue weighted by Crippen LogP contribution is 2.27. The van der Waals surface area contributed by atoms with E-state index in [0.29, 0.717) is 11.3 Å². The van der Waals surface area contributed by atoms with Gasteiger partial charge in [0.15, 0.2) is 12.7 Å². The lowest BCUT2D eigenvalue weighted by atomic mass is 10.0. The number of carbonyl (C=O) groups is 2. The predicted octanol–water partition coefficient (Wildman–Crippen LogP) is 4.31. The Hall–Kier alpha value is -2.62. The highest BCUT2D eigenvalue weighted by atomic mass is 16.6. The summed E-state index contributed by atoms with van der Waals surface area (Å²) in [5.41, 5.74) is 2.61. The van der Waals surface area contributed by atoms with Crippen LogP contribution in [0.4, 0.5) is 0 Å². The normalized spacial score (nSPS) is 11.9. The summed E-state index contributed by atoms with van der Waals surface area (Å²) in [5, 5.41) is 0. The molecule has 132 valence electrons. The van der Waals surface area contributed by atoms with Crippen LogP contribution in [0.2, 0.25) is 0 Å². The molecule has 4 heteroatoms. The van der Waals surface area contributed by atoms with Crippen molar-refractivity contribution in [3.8, 4) is 5.75 Å². The minimum absolute atomic E-state index is 0.227. The van der Waals surface area contributed by atoms with Gasteiger partial charge in [0.05, 0.1) is 0 Å². The van der Waals surface area contributed by atoms with Gasteiger partial charge in [-0.1, -0.05) is 56.3 Å². The number of hydrogen-bond acceptors (Lipinski definition) is 4. The van der Waals surface area contributed by atoms with Crippen molar-refractivity contribution in [2.45, 2.75) is 39.7 Å². The first kappa shape index (κ1) is 18.7. The van der Waals surface area contributed by atoms with E-state index in [1.165, 1.54) is 0 Å². The molecule has 0 aromatic heterocycles. The van der Waals surface area contributed by atoms with Crippen molar-refractivity contribution >= 4 is 11.8 Å². The number of rotatable bonds is 7. The summed E-state index contributed by atoms with van der Waals surface area (Å²) in [7, 11) is 0. The van der Waals surface area contributed by atoms with E-state index in [0.717, 1.165) is 11.1 Å². The van der Waals surface area contributed by atoms with Gasteiger partial charge in [-0.15, -0.1) is 0 Å². The third kappa shape index (κ3) is 5.18. The number of benzene rings is 2. The molecule has 0 radical (unpaired) electrons. The Bertz CT molecular complexity index is 735. The van der Waals surface area contributed by atoms with Crippen molar-refractivity contribution < 1.29 is 19.1 Å². The van der Waals surface area contributed by atoms with Crippen LogP contribution in [0.25, 0.3) is 0 Å². The number of hydrogen-bond donors (Lipinski definition) is 0. The third-order valence-corrected chi connectivity index (χ3v) is 3.87. The van der Waals surface area contributed by atoms with Crippen LogP contribution < -0.4 is 4.74 Å². The lowest BCUT2D eigenvalue weighted by Crippen LogP contribution is -2.27. The van der Waals surface area contributed by atoms with Crippen LogP contribution in [-0.4, -0.2) is 24.5 Å². The van der Waals surface area contributed by atoms with Crippen LogP contribution in [0.15, 0.2) is 48.5 Å². The average molecular weight is 340 g/mol. The van der Waals surface area contributed by atoms with Gasteiger partial charge >= 0.3 is 5.97 Å². The van der Waals surface area contributed by atoms with Gasteiger partial charge in [0, 0.05) is 5.56 Å². The van der Waals surface area contributed by atoms with E-state index >= 15 is 0 Å². The second-order valence-corrected chi connectivity index (χ2v) is 6.35. The van der Waals surface area contributed by atoms with Gasteiger partial charge in [0.25, 0.3) is 0 Å². The van der Waals surface area contributed by atoms with Crippen LogP contribution in [-0.2, 0) is 9.53 Å². The number of ketones is 1. The maximum atomic E-state index is 12.2. The highest BCUT2D eigenvalue weighted by Gasteiger charge is 2.20. The molecule has 0 aliphatic carbocycles. The van der Waals surface area contributed by atoms with Gasteiger partial charge in [-0.3, -0.25) is 4.79 Å². The van der Waals surface area contributed by atoms with Crippen molar-refractivity contribution in [2.75, 3.05) is 6.61 Å². The molecule has 2 rings (SSSR count). The van der Waals surface area contributed by atoms with Crippen LogP contribution >= 0.6 is 0 Å². The van der Waals surface area contributed by atoms with Crippen molar-refractivity contribution in [3.63, 3.8) is 0 Å². The molecular formula is C21H24O4. The van der Waals surface area contributed by atoms with E-state index in [-0.39, 0.29) is 18.3 Å². The minimum atomic E-state index is -0.847. The molecule has 0 fully saturated rings. The maximum Gasteiger partial charge on any atom is 0.344 e. The molecule has 1 unspecified atom stereocenters. The molecule has 4 nitrogen and oxygen atoms in total. The van der Waals surface area contributed by atoms with Gasteiger partial charge < -0.3 is 9.47 Å². The summed E-state index contributed by atoms with van der Waals surface area (Å²) in [5.74, 6) is 0.166. The fourth-order valence-electron chi connectivity index (χ4n) is 2.50. The number of aryl methyl sites for hydroxylation is 1. The summed E-state index contributed by atoms with van der Waals surface area (Å²) in [6.07, 6.45) is -0.847. The molecular weight excluding hydrogens is 316 g/mol. The Morgan fingerprint density at radius 1 is 1.00 bits per heavy atom. The van der Waals surface area contributed by atoms with E-state index in [2.05, 4.69) is 13.8 Å². The number of Topliss-reactive ketones (excluding diaryl/α,β-unsaturated/α-hetero) is 1. The lowest BCUT2D eigenvalue weighted by molar-refractivity contribution is -0.148. The quantitative estimate of drug-likeness (QED) is 0.557. The van der Waals surface area contributed by atoms with Crippen LogP contribution in [0.5, 0.6) is 5.75 Å². The van der Waals surface area contributed by atoms with E-state index in [1.807, 2.05) is 31.2 Å². The Morgan fingerprint density at radius 3 is 2.32 bits per heavy atom. The van der Waals surface area contributed by atoms with Crippen molar-refractivity contribution in [1.82, 2.24) is 0 Å². The third-order valence-electron chi connectivity index (χ3n) is 3.87. The number of ether oxygens (including phenoxy) is 2. The second kappa shape index (κ2) is 8.47. The zero-order chi connectivity index (χ0) is 18.4. The molecule has 2 aromatic carbocycles. The smallest absolute Gasteiger partial charge is 0.344 e. The van der Waals surface area contributed by atoms with E-state index in [9.17, 15) is 9.59 Å². The molecule has 0 amide bonds.